The minimum absolute atomic E-state index is 0.0849. The minimum atomic E-state index is -0.798. The molecule has 7 nitrogen and oxygen atoms in total. The molecule has 0 atom stereocenters. The van der Waals surface area contributed by atoms with Gasteiger partial charge in [-0.05, 0) is 19.1 Å². The van der Waals surface area contributed by atoms with E-state index in [1.165, 1.54) is 23.5 Å². The summed E-state index contributed by atoms with van der Waals surface area (Å²) in [5.41, 5.74) is 1.21. The average molecular weight is 384 g/mol. The van der Waals surface area contributed by atoms with E-state index in [1.54, 1.807) is 18.6 Å². The van der Waals surface area contributed by atoms with E-state index < -0.39 is 10.7 Å². The van der Waals surface area contributed by atoms with E-state index in [0.717, 1.165) is 27.9 Å². The number of ether oxygens (including phenoxy) is 1. The van der Waals surface area contributed by atoms with Gasteiger partial charge in [-0.2, -0.15) is 0 Å². The highest BCUT2D eigenvalue weighted by Gasteiger charge is 2.16. The Morgan fingerprint density at radius 2 is 2.11 bits per heavy atom. The van der Waals surface area contributed by atoms with Gasteiger partial charge in [0, 0.05) is 31.1 Å². The molecule has 4 rings (SSSR count). The Hall–Kier alpha value is -3.33. The van der Waals surface area contributed by atoms with Crippen LogP contribution >= 0.6 is 11.3 Å². The van der Waals surface area contributed by atoms with Crippen molar-refractivity contribution in [1.82, 2.24) is 14.5 Å². The predicted molar refractivity (Wildman–Crippen MR) is 99.6 cm³/mol. The van der Waals surface area contributed by atoms with E-state index in [0.29, 0.717) is 11.3 Å². The molecule has 0 saturated heterocycles. The molecule has 0 aliphatic carbocycles. The highest BCUT2D eigenvalue weighted by molar-refractivity contribution is 7.22. The Labute approximate surface area is 156 Å². The van der Waals surface area contributed by atoms with Crippen molar-refractivity contribution in [2.75, 3.05) is 0 Å². The Bertz CT molecular complexity index is 1150. The van der Waals surface area contributed by atoms with Gasteiger partial charge in [-0.1, -0.05) is 0 Å². The smallest absolute Gasteiger partial charge is 0.272 e. The molecule has 0 spiro atoms. The summed E-state index contributed by atoms with van der Waals surface area (Å²) in [6.07, 6.45) is 5.28. The molecule has 0 unspecified atom stereocenters. The van der Waals surface area contributed by atoms with Gasteiger partial charge in [0.2, 0.25) is 0 Å². The summed E-state index contributed by atoms with van der Waals surface area (Å²) in [6.45, 7) is 2.85. The number of imidazole rings is 1. The first-order valence-electron chi connectivity index (χ1n) is 8.07. The number of hydrogen-bond acceptors (Lipinski definition) is 6. The molecule has 136 valence electrons. The molecule has 1 aromatic carbocycles. The van der Waals surface area contributed by atoms with Crippen LogP contribution in [0.1, 0.15) is 6.92 Å². The second kappa shape index (κ2) is 6.76. The van der Waals surface area contributed by atoms with Gasteiger partial charge in [0.25, 0.3) is 5.69 Å². The Kier molecular flexibility index (Phi) is 4.28. The van der Waals surface area contributed by atoms with Crippen LogP contribution < -0.4 is 4.74 Å². The molecule has 0 aliphatic rings. The third-order valence-corrected chi connectivity index (χ3v) is 5.13. The Morgan fingerprint density at radius 3 is 2.81 bits per heavy atom. The normalized spacial score (nSPS) is 11.0. The van der Waals surface area contributed by atoms with E-state index in [9.17, 15) is 14.5 Å². The average Bonchev–Trinajstić information content (AvgIpc) is 3.30. The number of nitro groups is 1. The first-order valence-corrected chi connectivity index (χ1v) is 8.89. The molecule has 4 aromatic rings. The molecule has 3 aromatic heterocycles. The van der Waals surface area contributed by atoms with Crippen LogP contribution in [0.5, 0.6) is 11.5 Å². The number of fused-ring (bicyclic) bond motifs is 1. The molecular formula is C18H13FN4O3S. The quantitative estimate of drug-likeness (QED) is 0.356. The standard InChI is InChI=1S/C18H13FN4O3S/c1-2-22-9-14(21-10-22)17-8-13-18(27-17)16(5-6-20-13)26-15-4-3-11(23(24)25)7-12(15)19/h3-10H,2H2,1H3. The van der Waals surface area contributed by atoms with E-state index in [1.807, 2.05) is 23.8 Å². The highest BCUT2D eigenvalue weighted by Crippen LogP contribution is 2.39. The molecule has 0 bridgehead atoms. The van der Waals surface area contributed by atoms with E-state index in [4.69, 9.17) is 4.74 Å². The minimum Gasteiger partial charge on any atom is -0.453 e. The Morgan fingerprint density at radius 1 is 1.26 bits per heavy atom. The van der Waals surface area contributed by atoms with Crippen molar-refractivity contribution in [2.45, 2.75) is 13.5 Å². The van der Waals surface area contributed by atoms with Gasteiger partial charge in [-0.15, -0.1) is 11.3 Å². The number of benzene rings is 1. The van der Waals surface area contributed by atoms with Crippen molar-refractivity contribution in [1.29, 1.82) is 0 Å². The zero-order valence-electron chi connectivity index (χ0n) is 14.1. The van der Waals surface area contributed by atoms with Crippen LogP contribution in [0.25, 0.3) is 20.8 Å². The van der Waals surface area contributed by atoms with Crippen LogP contribution in [0.2, 0.25) is 0 Å². The summed E-state index contributed by atoms with van der Waals surface area (Å²) in [4.78, 5) is 19.7. The maximum Gasteiger partial charge on any atom is 0.272 e. The number of aryl methyl sites for hydroxylation is 1. The number of nitrogens with zero attached hydrogens (tertiary/aromatic N) is 4. The lowest BCUT2D eigenvalue weighted by atomic mass is 10.3. The van der Waals surface area contributed by atoms with Crippen molar-refractivity contribution in [3.63, 3.8) is 0 Å². The summed E-state index contributed by atoms with van der Waals surface area (Å²) in [5, 5.41) is 10.7. The molecule has 0 radical (unpaired) electrons. The third kappa shape index (κ3) is 3.24. The fourth-order valence-corrected chi connectivity index (χ4v) is 3.61. The monoisotopic (exact) mass is 384 g/mol. The van der Waals surface area contributed by atoms with Crippen molar-refractivity contribution >= 4 is 27.2 Å². The molecule has 27 heavy (non-hydrogen) atoms. The SMILES string of the molecule is CCn1cnc(-c2cc3nccc(Oc4ccc([N+](=O)[O-])cc4F)c3s2)c1. The van der Waals surface area contributed by atoms with E-state index in [-0.39, 0.29) is 11.4 Å². The van der Waals surface area contributed by atoms with E-state index >= 15 is 0 Å². The lowest BCUT2D eigenvalue weighted by Gasteiger charge is -2.07. The van der Waals surface area contributed by atoms with Gasteiger partial charge < -0.3 is 9.30 Å². The first-order chi connectivity index (χ1) is 13.0. The van der Waals surface area contributed by atoms with Crippen LogP contribution in [-0.4, -0.2) is 19.5 Å². The molecule has 9 heteroatoms. The number of non-ortho nitro benzene ring substituents is 1. The van der Waals surface area contributed by atoms with Crippen molar-refractivity contribution in [3.8, 4) is 22.1 Å². The summed E-state index contributed by atoms with van der Waals surface area (Å²) in [5.74, 6) is -0.454. The van der Waals surface area contributed by atoms with Crippen LogP contribution in [0.4, 0.5) is 10.1 Å². The second-order valence-corrected chi connectivity index (χ2v) is 6.75. The maximum absolute atomic E-state index is 14.2. The largest absolute Gasteiger partial charge is 0.453 e. The van der Waals surface area contributed by atoms with Crippen LogP contribution in [0.3, 0.4) is 0 Å². The van der Waals surface area contributed by atoms with Crippen LogP contribution in [0.15, 0.2) is 49.1 Å². The second-order valence-electron chi connectivity index (χ2n) is 5.70. The van der Waals surface area contributed by atoms with Gasteiger partial charge in [-0.3, -0.25) is 15.1 Å². The summed E-state index contributed by atoms with van der Waals surface area (Å²) >= 11 is 1.44. The van der Waals surface area contributed by atoms with Gasteiger partial charge in [-0.25, -0.2) is 9.37 Å². The Balaban J connectivity index is 1.71. The first kappa shape index (κ1) is 17.1. The number of halogens is 1. The number of nitro benzene ring substituents is 1. The highest BCUT2D eigenvalue weighted by atomic mass is 32.1. The zero-order chi connectivity index (χ0) is 19.0. The van der Waals surface area contributed by atoms with Crippen LogP contribution in [0, 0.1) is 15.9 Å². The molecule has 0 N–H and O–H groups in total. The topological polar surface area (TPSA) is 83.1 Å². The molecule has 0 fully saturated rings. The molecule has 0 aliphatic heterocycles. The fourth-order valence-electron chi connectivity index (χ4n) is 2.59. The number of hydrogen-bond donors (Lipinski definition) is 0. The van der Waals surface area contributed by atoms with Crippen molar-refractivity contribution < 1.29 is 14.1 Å². The van der Waals surface area contributed by atoms with Gasteiger partial charge >= 0.3 is 0 Å². The van der Waals surface area contributed by atoms with Crippen molar-refractivity contribution in [2.24, 2.45) is 0 Å². The summed E-state index contributed by atoms with van der Waals surface area (Å²) in [7, 11) is 0. The van der Waals surface area contributed by atoms with Gasteiger partial charge in [0.05, 0.1) is 38.1 Å². The molecule has 0 amide bonds. The number of rotatable bonds is 5. The summed E-state index contributed by atoms with van der Waals surface area (Å²) < 4.78 is 22.5. The third-order valence-electron chi connectivity index (χ3n) is 3.97. The number of aromatic nitrogens is 3. The predicted octanol–water partition coefficient (Wildman–Crippen LogP) is 5.02. The fraction of sp³-hybridized carbons (Fsp3) is 0.111. The summed E-state index contributed by atoms with van der Waals surface area (Å²) in [6, 6.07) is 6.83. The van der Waals surface area contributed by atoms with Crippen molar-refractivity contribution in [3.05, 3.63) is 65.0 Å². The van der Waals surface area contributed by atoms with E-state index in [2.05, 4.69) is 9.97 Å². The molecular weight excluding hydrogens is 371 g/mol. The van der Waals surface area contributed by atoms with Gasteiger partial charge in [0.1, 0.15) is 5.75 Å². The van der Waals surface area contributed by atoms with Crippen LogP contribution in [-0.2, 0) is 6.54 Å². The zero-order valence-corrected chi connectivity index (χ0v) is 14.9. The molecule has 0 saturated carbocycles. The molecule has 3 heterocycles. The number of pyridine rings is 1. The van der Waals surface area contributed by atoms with Gasteiger partial charge in [0.15, 0.2) is 11.6 Å². The lowest BCUT2D eigenvalue weighted by Crippen LogP contribution is -1.92. The lowest BCUT2D eigenvalue weighted by molar-refractivity contribution is -0.385. The number of thiophene rings is 1. The maximum atomic E-state index is 14.2.